The number of benzene rings is 3. The van der Waals surface area contributed by atoms with Gasteiger partial charge in [-0.2, -0.15) is 0 Å². The Balaban J connectivity index is 1.35. The molecule has 0 aliphatic carbocycles. The molecule has 40 heavy (non-hydrogen) atoms. The Kier molecular flexibility index (Phi) is 11.0. The molecule has 0 amide bonds. The maximum absolute atomic E-state index is 12.3. The molecule has 1 aliphatic rings. The number of thioether (sulfide) groups is 1. The second kappa shape index (κ2) is 14.6. The van der Waals surface area contributed by atoms with Gasteiger partial charge in [0.05, 0.1) is 19.5 Å². The van der Waals surface area contributed by atoms with Crippen molar-refractivity contribution < 1.29 is 19.4 Å². The van der Waals surface area contributed by atoms with Crippen LogP contribution in [0, 0.1) is 6.92 Å². The number of esters is 1. The molecular weight excluding hydrogens is 546 g/mol. The number of hydrogen-bond acceptors (Lipinski definition) is 8. The number of anilines is 2. The van der Waals surface area contributed by atoms with Gasteiger partial charge in [-0.25, -0.2) is 4.79 Å². The van der Waals surface area contributed by atoms with Crippen LogP contribution in [0.1, 0.15) is 22.8 Å². The topological polar surface area (TPSA) is 74.3 Å². The van der Waals surface area contributed by atoms with Gasteiger partial charge in [-0.3, -0.25) is 4.90 Å². The van der Waals surface area contributed by atoms with Gasteiger partial charge in [0.15, 0.2) is 6.10 Å². The quantitative estimate of drug-likeness (QED) is 0.161. The minimum Gasteiger partial charge on any atom is -0.497 e. The molecule has 1 heterocycles. The van der Waals surface area contributed by atoms with Crippen LogP contribution < -0.4 is 15.0 Å². The molecule has 0 spiro atoms. The maximum Gasteiger partial charge on any atom is 0.336 e. The van der Waals surface area contributed by atoms with E-state index in [1.807, 2.05) is 42.5 Å². The van der Waals surface area contributed by atoms with Gasteiger partial charge in [0.1, 0.15) is 5.75 Å². The highest BCUT2D eigenvalue weighted by molar-refractivity contribution is 7.99. The third kappa shape index (κ3) is 8.07. The van der Waals surface area contributed by atoms with Crippen LogP contribution in [0.2, 0.25) is 5.02 Å². The van der Waals surface area contributed by atoms with E-state index in [2.05, 4.69) is 46.3 Å². The van der Waals surface area contributed by atoms with Crippen LogP contribution in [-0.2, 0) is 9.53 Å². The number of methoxy groups -OCH3 is 2. The molecule has 7 nitrogen and oxygen atoms in total. The molecule has 3 aromatic rings. The number of rotatable bonds is 12. The first kappa shape index (κ1) is 30.1. The summed E-state index contributed by atoms with van der Waals surface area (Å²) < 4.78 is 10.1. The van der Waals surface area contributed by atoms with Crippen LogP contribution in [0.3, 0.4) is 0 Å². The molecule has 1 aliphatic heterocycles. The second-order valence-corrected chi connectivity index (χ2v) is 11.5. The zero-order chi connectivity index (χ0) is 28.5. The summed E-state index contributed by atoms with van der Waals surface area (Å²) in [6.07, 6.45) is -0.363. The highest BCUT2D eigenvalue weighted by Gasteiger charge is 2.30. The zero-order valence-corrected chi connectivity index (χ0v) is 24.9. The lowest BCUT2D eigenvalue weighted by Crippen LogP contribution is -2.46. The average Bonchev–Trinajstić information content (AvgIpc) is 2.99. The van der Waals surface area contributed by atoms with Gasteiger partial charge in [0.2, 0.25) is 0 Å². The van der Waals surface area contributed by atoms with Crippen molar-refractivity contribution in [2.75, 3.05) is 63.7 Å². The fourth-order valence-electron chi connectivity index (χ4n) is 4.74. The molecular formula is C31H38ClN3O4S. The van der Waals surface area contributed by atoms with E-state index in [0.29, 0.717) is 10.8 Å². The lowest BCUT2D eigenvalue weighted by Gasteiger charge is -2.36. The number of piperazine rings is 1. The second-order valence-electron chi connectivity index (χ2n) is 9.86. The number of carbonyl (C=O) groups excluding carboxylic acids is 1. The number of hydrogen-bond donors (Lipinski definition) is 2. The molecule has 1 saturated heterocycles. The molecule has 0 unspecified atom stereocenters. The first-order valence-electron chi connectivity index (χ1n) is 13.5. The fraction of sp³-hybridized carbons (Fsp3) is 0.387. The summed E-state index contributed by atoms with van der Waals surface area (Å²) in [5, 5.41) is 14.4. The normalized spacial score (nSPS) is 15.4. The van der Waals surface area contributed by atoms with Crippen molar-refractivity contribution in [1.29, 1.82) is 0 Å². The molecule has 214 valence electrons. The minimum absolute atomic E-state index is 0.584. The Hall–Kier alpha value is -2.91. The van der Waals surface area contributed by atoms with Crippen molar-refractivity contribution in [2.45, 2.75) is 29.6 Å². The van der Waals surface area contributed by atoms with Gasteiger partial charge in [-0.15, -0.1) is 11.8 Å². The van der Waals surface area contributed by atoms with Crippen LogP contribution in [-0.4, -0.2) is 75.6 Å². The van der Waals surface area contributed by atoms with Crippen molar-refractivity contribution in [3.05, 3.63) is 82.9 Å². The number of ether oxygens (including phenoxy) is 2. The number of nitrogens with one attached hydrogen (secondary N) is 1. The predicted octanol–water partition coefficient (Wildman–Crippen LogP) is 5.65. The summed E-state index contributed by atoms with van der Waals surface area (Å²) in [5.41, 5.74) is 4.27. The minimum atomic E-state index is -1.35. The fourth-order valence-corrected chi connectivity index (χ4v) is 6.25. The molecule has 2 atom stereocenters. The first-order chi connectivity index (χ1) is 19.4. The van der Waals surface area contributed by atoms with Gasteiger partial charge in [-0.05, 0) is 67.9 Å². The Morgan fingerprint density at radius 1 is 1.02 bits per heavy atom. The van der Waals surface area contributed by atoms with Crippen molar-refractivity contribution in [2.24, 2.45) is 0 Å². The van der Waals surface area contributed by atoms with E-state index in [-0.39, 0.29) is 0 Å². The van der Waals surface area contributed by atoms with Crippen molar-refractivity contribution >= 4 is 40.7 Å². The molecule has 3 aromatic carbocycles. The molecule has 1 fully saturated rings. The van der Waals surface area contributed by atoms with Crippen LogP contribution >= 0.6 is 23.4 Å². The third-order valence-electron chi connectivity index (χ3n) is 7.11. The summed E-state index contributed by atoms with van der Waals surface area (Å²) in [6, 6.07) is 21.7. The van der Waals surface area contributed by atoms with E-state index in [0.717, 1.165) is 61.8 Å². The van der Waals surface area contributed by atoms with E-state index in [1.54, 1.807) is 7.11 Å². The number of aryl methyl sites for hydroxylation is 1. The summed E-state index contributed by atoms with van der Waals surface area (Å²) >= 11 is 7.74. The van der Waals surface area contributed by atoms with E-state index < -0.39 is 17.3 Å². The maximum atomic E-state index is 12.3. The zero-order valence-electron chi connectivity index (χ0n) is 23.3. The monoisotopic (exact) mass is 583 g/mol. The van der Waals surface area contributed by atoms with Gasteiger partial charge < -0.3 is 24.8 Å². The highest BCUT2D eigenvalue weighted by atomic mass is 35.5. The van der Waals surface area contributed by atoms with Gasteiger partial charge >= 0.3 is 5.97 Å². The smallest absolute Gasteiger partial charge is 0.336 e. The SMILES string of the molecule is COC(=O)[C@H](O)[C@H](Sc1cc(Cl)ccc1NCCCN1CCN(c2ccc(C)cc2)CC1)c1ccc(OC)cc1. The Morgan fingerprint density at radius 3 is 2.38 bits per heavy atom. The Morgan fingerprint density at radius 2 is 1.73 bits per heavy atom. The molecule has 4 rings (SSSR count). The largest absolute Gasteiger partial charge is 0.497 e. The Bertz CT molecular complexity index is 1230. The molecule has 0 saturated carbocycles. The van der Waals surface area contributed by atoms with Crippen molar-refractivity contribution in [3.63, 3.8) is 0 Å². The summed E-state index contributed by atoms with van der Waals surface area (Å²) in [5.74, 6) is 0.00839. The number of carbonyl (C=O) groups is 1. The van der Waals surface area contributed by atoms with E-state index in [4.69, 9.17) is 21.1 Å². The number of halogens is 1. The first-order valence-corrected chi connectivity index (χ1v) is 14.8. The van der Waals surface area contributed by atoms with Crippen molar-refractivity contribution in [1.82, 2.24) is 4.90 Å². The lowest BCUT2D eigenvalue weighted by molar-refractivity contribution is -0.150. The standard InChI is InChI=1S/C31H38ClN3O4S/c1-22-5-10-25(11-6-22)35-19-17-34(18-20-35)16-4-15-33-27-14-9-24(32)21-28(27)40-30(29(36)31(37)39-3)23-7-12-26(38-2)13-8-23/h5-14,21,29-30,33,36H,4,15-20H2,1-3H3/t29-,30-/m1/s1. The van der Waals surface area contributed by atoms with Gasteiger partial charge in [0, 0.05) is 54.0 Å². The number of aliphatic hydroxyl groups excluding tert-OH is 1. The number of nitrogens with zero attached hydrogens (tertiary/aromatic N) is 2. The predicted molar refractivity (Wildman–Crippen MR) is 164 cm³/mol. The molecule has 0 bridgehead atoms. The van der Waals surface area contributed by atoms with Gasteiger partial charge in [0.25, 0.3) is 0 Å². The summed E-state index contributed by atoms with van der Waals surface area (Å²) in [4.78, 5) is 18.1. The molecule has 2 N–H and O–H groups in total. The Labute approximate surface area is 246 Å². The molecule has 0 aromatic heterocycles. The van der Waals surface area contributed by atoms with E-state index in [1.165, 1.54) is 30.1 Å². The third-order valence-corrected chi connectivity index (χ3v) is 8.72. The lowest BCUT2D eigenvalue weighted by atomic mass is 10.1. The van der Waals surface area contributed by atoms with Crippen molar-refractivity contribution in [3.8, 4) is 5.75 Å². The molecule has 0 radical (unpaired) electrons. The number of aliphatic hydroxyl groups is 1. The van der Waals surface area contributed by atoms with Crippen LogP contribution in [0.4, 0.5) is 11.4 Å². The summed E-state index contributed by atoms with van der Waals surface area (Å²) in [6.45, 7) is 8.08. The average molecular weight is 584 g/mol. The van der Waals surface area contributed by atoms with Crippen LogP contribution in [0.5, 0.6) is 5.75 Å². The van der Waals surface area contributed by atoms with E-state index in [9.17, 15) is 9.90 Å². The van der Waals surface area contributed by atoms with Crippen LogP contribution in [0.25, 0.3) is 0 Å². The summed E-state index contributed by atoms with van der Waals surface area (Å²) in [7, 11) is 2.87. The van der Waals surface area contributed by atoms with E-state index >= 15 is 0 Å². The highest BCUT2D eigenvalue weighted by Crippen LogP contribution is 2.43. The molecule has 9 heteroatoms. The van der Waals surface area contributed by atoms with Gasteiger partial charge in [-0.1, -0.05) is 41.4 Å². The van der Waals surface area contributed by atoms with Crippen LogP contribution in [0.15, 0.2) is 71.6 Å².